The van der Waals surface area contributed by atoms with E-state index in [1.807, 2.05) is 0 Å². The Labute approximate surface area is 115 Å². The van der Waals surface area contributed by atoms with Crippen molar-refractivity contribution < 1.29 is 20.1 Å². The highest BCUT2D eigenvalue weighted by atomic mass is 16.6. The van der Waals surface area contributed by atoms with Crippen molar-refractivity contribution >= 4 is 11.7 Å². The molecular formula is C11H19N5O4. The summed E-state index contributed by atoms with van der Waals surface area (Å²) < 4.78 is 6.76. The minimum Gasteiger partial charge on any atom is -0.390 e. The van der Waals surface area contributed by atoms with Crippen LogP contribution in [0.1, 0.15) is 25.3 Å². The quantitative estimate of drug-likeness (QED) is 0.279. The fourth-order valence-electron chi connectivity index (χ4n) is 2.25. The van der Waals surface area contributed by atoms with Gasteiger partial charge < -0.3 is 31.5 Å². The fourth-order valence-corrected chi connectivity index (χ4v) is 2.25. The zero-order valence-corrected chi connectivity index (χ0v) is 11.0. The Hall–Kier alpha value is -1.68. The van der Waals surface area contributed by atoms with E-state index < -0.39 is 30.6 Å². The van der Waals surface area contributed by atoms with Crippen molar-refractivity contribution in [2.75, 3.05) is 5.73 Å². The Kier molecular flexibility index (Phi) is 3.95. The van der Waals surface area contributed by atoms with Crippen molar-refractivity contribution in [2.45, 2.75) is 44.0 Å². The first kappa shape index (κ1) is 14.7. The number of amidine groups is 1. The van der Waals surface area contributed by atoms with Crippen LogP contribution in [-0.2, 0) is 4.74 Å². The van der Waals surface area contributed by atoms with Crippen LogP contribution in [0.4, 0.5) is 5.82 Å². The lowest BCUT2D eigenvalue weighted by molar-refractivity contribution is -0.0844. The molecule has 1 aromatic rings. The number of nitrogens with zero attached hydrogens (tertiary/aromatic N) is 2. The molecule has 1 saturated heterocycles. The highest BCUT2D eigenvalue weighted by Gasteiger charge is 2.46. The van der Waals surface area contributed by atoms with Crippen LogP contribution in [0.5, 0.6) is 0 Å². The van der Waals surface area contributed by atoms with Crippen LogP contribution in [0.3, 0.4) is 0 Å². The van der Waals surface area contributed by atoms with E-state index in [4.69, 9.17) is 21.6 Å². The number of aromatic nitrogens is 2. The second-order valence-corrected chi connectivity index (χ2v) is 4.75. The van der Waals surface area contributed by atoms with Crippen LogP contribution < -0.4 is 11.5 Å². The van der Waals surface area contributed by atoms with Gasteiger partial charge in [-0.1, -0.05) is 6.92 Å². The molecule has 0 aliphatic carbocycles. The molecule has 1 aromatic heterocycles. The van der Waals surface area contributed by atoms with Gasteiger partial charge in [-0.3, -0.25) is 9.98 Å². The zero-order valence-electron chi connectivity index (χ0n) is 11.0. The highest BCUT2D eigenvalue weighted by molar-refractivity contribution is 5.97. The van der Waals surface area contributed by atoms with Crippen molar-refractivity contribution in [1.29, 1.82) is 5.41 Å². The third kappa shape index (κ3) is 2.24. The number of hydrogen-bond acceptors (Lipinski definition) is 7. The summed E-state index contributed by atoms with van der Waals surface area (Å²) in [6, 6.07) is 0. The summed E-state index contributed by atoms with van der Waals surface area (Å²) in [7, 11) is 0. The van der Waals surface area contributed by atoms with Crippen LogP contribution in [0.15, 0.2) is 6.33 Å². The lowest BCUT2D eigenvalue weighted by Crippen LogP contribution is -2.38. The molecule has 0 bridgehead atoms. The maximum absolute atomic E-state index is 10.0. The topological polar surface area (TPSA) is 164 Å². The molecule has 0 amide bonds. The number of imidazole rings is 1. The number of hydrogen-bond donors (Lipinski definition) is 6. The minimum atomic E-state index is -1.27. The van der Waals surface area contributed by atoms with Gasteiger partial charge in [0, 0.05) is 0 Å². The monoisotopic (exact) mass is 285 g/mol. The third-order valence-corrected chi connectivity index (χ3v) is 3.43. The second-order valence-electron chi connectivity index (χ2n) is 4.75. The number of nitrogens with one attached hydrogen (secondary N) is 1. The van der Waals surface area contributed by atoms with Crippen molar-refractivity contribution in [3.8, 4) is 0 Å². The van der Waals surface area contributed by atoms with Crippen LogP contribution in [0, 0.1) is 5.41 Å². The van der Waals surface area contributed by atoms with Gasteiger partial charge in [-0.25, -0.2) is 4.98 Å². The number of nitrogens with two attached hydrogens (primary N) is 2. The molecular weight excluding hydrogens is 266 g/mol. The molecule has 2 rings (SSSR count). The van der Waals surface area contributed by atoms with E-state index in [0.717, 1.165) is 0 Å². The summed E-state index contributed by atoms with van der Waals surface area (Å²) in [5.41, 5.74) is 11.2. The predicted octanol–water partition coefficient (Wildman–Crippen LogP) is -1.86. The number of aliphatic hydroxyl groups excluding tert-OH is 3. The smallest absolute Gasteiger partial charge is 0.165 e. The first-order valence-corrected chi connectivity index (χ1v) is 6.24. The summed E-state index contributed by atoms with van der Waals surface area (Å²) in [6.45, 7) is 1.74. The zero-order chi connectivity index (χ0) is 15.0. The summed E-state index contributed by atoms with van der Waals surface area (Å²) in [6.07, 6.45) is -3.66. The number of ether oxygens (including phenoxy) is 1. The molecule has 20 heavy (non-hydrogen) atoms. The van der Waals surface area contributed by atoms with Crippen LogP contribution in [-0.4, -0.2) is 55.1 Å². The molecule has 1 fully saturated rings. The standard InChI is InChI=1S/C11H19N5O4/c1-2-4(17)8-6(18)7(19)11(20-8)16-3-15-5(9(12)13)10(16)14/h3-4,6-8,11,17-19H,2,14H2,1H3,(H3,12,13). The Morgan fingerprint density at radius 2 is 2.20 bits per heavy atom. The molecule has 9 nitrogen and oxygen atoms in total. The van der Waals surface area contributed by atoms with Gasteiger partial charge in [0.15, 0.2) is 6.23 Å². The molecule has 0 saturated carbocycles. The molecule has 1 aliphatic rings. The van der Waals surface area contributed by atoms with Crippen LogP contribution in [0.25, 0.3) is 0 Å². The minimum absolute atomic E-state index is 0.0559. The maximum atomic E-state index is 10.0. The van der Waals surface area contributed by atoms with Gasteiger partial charge in [0.05, 0.1) is 12.4 Å². The summed E-state index contributed by atoms with van der Waals surface area (Å²) in [5.74, 6) is -0.250. The average Bonchev–Trinajstić information content (AvgIpc) is 2.91. The molecule has 5 atom stereocenters. The van der Waals surface area contributed by atoms with Crippen molar-refractivity contribution in [1.82, 2.24) is 9.55 Å². The maximum Gasteiger partial charge on any atom is 0.165 e. The van der Waals surface area contributed by atoms with E-state index in [-0.39, 0.29) is 17.3 Å². The second kappa shape index (κ2) is 5.37. The molecule has 5 unspecified atom stereocenters. The Bertz CT molecular complexity index is 505. The Morgan fingerprint density at radius 1 is 1.55 bits per heavy atom. The molecule has 112 valence electrons. The third-order valence-electron chi connectivity index (χ3n) is 3.43. The number of anilines is 1. The summed E-state index contributed by atoms with van der Waals surface area (Å²) in [4.78, 5) is 3.86. The molecule has 9 heteroatoms. The normalized spacial score (nSPS) is 31.4. The number of aliphatic hydroxyl groups is 3. The Morgan fingerprint density at radius 3 is 2.70 bits per heavy atom. The van der Waals surface area contributed by atoms with E-state index in [9.17, 15) is 15.3 Å². The first-order chi connectivity index (χ1) is 9.38. The largest absolute Gasteiger partial charge is 0.390 e. The molecule has 0 spiro atoms. The van der Waals surface area contributed by atoms with Gasteiger partial charge in [-0.05, 0) is 6.42 Å². The van der Waals surface area contributed by atoms with Gasteiger partial charge >= 0.3 is 0 Å². The van der Waals surface area contributed by atoms with Gasteiger partial charge in [-0.15, -0.1) is 0 Å². The molecule has 0 radical (unpaired) electrons. The Balaban J connectivity index is 2.28. The van der Waals surface area contributed by atoms with Crippen molar-refractivity contribution in [3.63, 3.8) is 0 Å². The first-order valence-electron chi connectivity index (χ1n) is 6.24. The number of rotatable bonds is 4. The van der Waals surface area contributed by atoms with Gasteiger partial charge in [0.25, 0.3) is 0 Å². The van der Waals surface area contributed by atoms with E-state index in [0.29, 0.717) is 6.42 Å². The molecule has 0 aromatic carbocycles. The van der Waals surface area contributed by atoms with Crippen LogP contribution >= 0.6 is 0 Å². The molecule has 2 heterocycles. The van der Waals surface area contributed by atoms with Crippen molar-refractivity contribution in [3.05, 3.63) is 12.0 Å². The van der Waals surface area contributed by atoms with E-state index in [2.05, 4.69) is 4.98 Å². The van der Waals surface area contributed by atoms with Crippen molar-refractivity contribution in [2.24, 2.45) is 5.73 Å². The molecule has 8 N–H and O–H groups in total. The predicted molar refractivity (Wildman–Crippen MR) is 69.9 cm³/mol. The van der Waals surface area contributed by atoms with E-state index in [1.165, 1.54) is 10.9 Å². The average molecular weight is 285 g/mol. The van der Waals surface area contributed by atoms with E-state index >= 15 is 0 Å². The molecule has 1 aliphatic heterocycles. The van der Waals surface area contributed by atoms with Crippen LogP contribution in [0.2, 0.25) is 0 Å². The van der Waals surface area contributed by atoms with Gasteiger partial charge in [0.2, 0.25) is 0 Å². The highest BCUT2D eigenvalue weighted by Crippen LogP contribution is 2.33. The SMILES string of the molecule is CCC(O)C1OC(n2cnc(C(=N)N)c2N)C(O)C1O. The fraction of sp³-hybridized carbons (Fsp3) is 0.636. The van der Waals surface area contributed by atoms with Gasteiger partial charge in [-0.2, -0.15) is 0 Å². The summed E-state index contributed by atoms with van der Waals surface area (Å²) >= 11 is 0. The van der Waals surface area contributed by atoms with Gasteiger partial charge in [0.1, 0.15) is 35.7 Å². The lowest BCUT2D eigenvalue weighted by Gasteiger charge is -2.19. The number of nitrogen functional groups attached to an aromatic ring is 2. The van der Waals surface area contributed by atoms with E-state index in [1.54, 1.807) is 6.92 Å². The summed E-state index contributed by atoms with van der Waals surface area (Å²) in [5, 5.41) is 37.0. The lowest BCUT2D eigenvalue weighted by atomic mass is 10.0.